The average molecular weight is 378 g/mol. The van der Waals surface area contributed by atoms with E-state index in [1.807, 2.05) is 12.1 Å². The first-order chi connectivity index (χ1) is 12.6. The number of nitrogens with one attached hydrogen (secondary N) is 1. The van der Waals surface area contributed by atoms with Gasteiger partial charge >= 0.3 is 0 Å². The number of hydrogen-bond donors (Lipinski definition) is 1. The molecule has 0 unspecified atom stereocenters. The molecule has 0 radical (unpaired) electrons. The molecule has 1 atom stereocenters. The van der Waals surface area contributed by atoms with Crippen molar-refractivity contribution in [3.63, 3.8) is 0 Å². The van der Waals surface area contributed by atoms with Crippen molar-refractivity contribution < 1.29 is 9.59 Å². The van der Waals surface area contributed by atoms with Crippen molar-refractivity contribution in [2.24, 2.45) is 5.92 Å². The highest BCUT2D eigenvalue weighted by atomic mass is 35.5. The Bertz CT molecular complexity index is 612. The zero-order chi connectivity index (χ0) is 18.4. The highest BCUT2D eigenvalue weighted by Crippen LogP contribution is 2.26. The second-order valence-electron chi connectivity index (χ2n) is 7.21. The topological polar surface area (TPSA) is 52.7 Å². The Hall–Kier alpha value is -1.59. The van der Waals surface area contributed by atoms with Gasteiger partial charge in [-0.15, -0.1) is 0 Å². The molecule has 0 aliphatic carbocycles. The van der Waals surface area contributed by atoms with Crippen molar-refractivity contribution in [2.45, 2.75) is 38.5 Å². The van der Waals surface area contributed by atoms with Gasteiger partial charge in [0.15, 0.2) is 0 Å². The molecule has 1 N–H and O–H groups in total. The fraction of sp³-hybridized carbons (Fsp3) is 0.600. The molecule has 142 valence electrons. The third kappa shape index (κ3) is 4.98. The fourth-order valence-corrected chi connectivity index (χ4v) is 3.92. The highest BCUT2D eigenvalue weighted by molar-refractivity contribution is 6.30. The van der Waals surface area contributed by atoms with Crippen LogP contribution in [0.2, 0.25) is 5.02 Å². The minimum absolute atomic E-state index is 0.114. The molecular formula is C20H28ClN3O2. The van der Waals surface area contributed by atoms with Gasteiger partial charge in [-0.2, -0.15) is 0 Å². The van der Waals surface area contributed by atoms with Gasteiger partial charge in [-0.05, 0) is 69.6 Å². The average Bonchev–Trinajstić information content (AvgIpc) is 2.85. The summed E-state index contributed by atoms with van der Waals surface area (Å²) >= 11 is 5.90. The lowest BCUT2D eigenvalue weighted by Gasteiger charge is -2.20. The Morgan fingerprint density at radius 1 is 1.08 bits per heavy atom. The zero-order valence-electron chi connectivity index (χ0n) is 15.3. The first-order valence-corrected chi connectivity index (χ1v) is 10.1. The number of carbonyl (C=O) groups is 2. The summed E-state index contributed by atoms with van der Waals surface area (Å²) in [6, 6.07) is 7.17. The molecule has 2 aliphatic heterocycles. The summed E-state index contributed by atoms with van der Waals surface area (Å²) in [6.45, 7) is 4.58. The van der Waals surface area contributed by atoms with Gasteiger partial charge in [-0.1, -0.05) is 24.4 Å². The van der Waals surface area contributed by atoms with Gasteiger partial charge < -0.3 is 15.1 Å². The van der Waals surface area contributed by atoms with Crippen molar-refractivity contribution in [1.29, 1.82) is 0 Å². The quantitative estimate of drug-likeness (QED) is 0.612. The number of hydrogen-bond acceptors (Lipinski definition) is 3. The van der Waals surface area contributed by atoms with Crippen LogP contribution in [0.25, 0.3) is 0 Å². The third-order valence-corrected chi connectivity index (χ3v) is 5.56. The van der Waals surface area contributed by atoms with Gasteiger partial charge in [-0.25, -0.2) is 0 Å². The summed E-state index contributed by atoms with van der Waals surface area (Å²) in [5.41, 5.74) is 0.802. The van der Waals surface area contributed by atoms with E-state index in [1.54, 1.807) is 17.0 Å². The summed E-state index contributed by atoms with van der Waals surface area (Å²) in [7, 11) is 0. The molecule has 2 amide bonds. The smallest absolute Gasteiger partial charge is 0.239 e. The third-order valence-electron chi connectivity index (χ3n) is 5.31. The Morgan fingerprint density at radius 3 is 2.46 bits per heavy atom. The Labute approximate surface area is 160 Å². The number of likely N-dealkylation sites (tertiary alicyclic amines) is 1. The molecule has 6 heteroatoms. The van der Waals surface area contributed by atoms with E-state index in [1.165, 1.54) is 38.8 Å². The van der Waals surface area contributed by atoms with Gasteiger partial charge in [0, 0.05) is 23.8 Å². The van der Waals surface area contributed by atoms with Crippen molar-refractivity contribution >= 4 is 29.1 Å². The van der Waals surface area contributed by atoms with Crippen LogP contribution in [-0.2, 0) is 9.59 Å². The number of benzene rings is 1. The van der Waals surface area contributed by atoms with E-state index in [2.05, 4.69) is 10.2 Å². The molecule has 2 saturated heterocycles. The monoisotopic (exact) mass is 377 g/mol. The summed E-state index contributed by atoms with van der Waals surface area (Å²) < 4.78 is 0. The molecule has 0 bridgehead atoms. The molecule has 0 saturated carbocycles. The van der Waals surface area contributed by atoms with Crippen molar-refractivity contribution in [3.8, 4) is 0 Å². The zero-order valence-corrected chi connectivity index (χ0v) is 16.0. The summed E-state index contributed by atoms with van der Waals surface area (Å²) in [6.07, 6.45) is 6.74. The maximum atomic E-state index is 12.6. The van der Waals surface area contributed by atoms with E-state index >= 15 is 0 Å². The summed E-state index contributed by atoms with van der Waals surface area (Å²) in [4.78, 5) is 29.1. The lowest BCUT2D eigenvalue weighted by Crippen LogP contribution is -2.38. The normalized spacial score (nSPS) is 21.7. The number of rotatable bonds is 6. The van der Waals surface area contributed by atoms with E-state index in [0.717, 1.165) is 18.7 Å². The molecule has 26 heavy (non-hydrogen) atoms. The SMILES string of the molecule is O=C(NCCCN1CCCCCC1)[C@@H]1CCN(c2ccc(Cl)cc2)C1=O. The lowest BCUT2D eigenvalue weighted by molar-refractivity contribution is -0.132. The molecule has 5 nitrogen and oxygen atoms in total. The number of anilines is 1. The molecule has 3 rings (SSSR count). The number of amides is 2. The molecule has 0 spiro atoms. The van der Waals surface area contributed by atoms with Crippen LogP contribution in [0, 0.1) is 5.92 Å². The van der Waals surface area contributed by atoms with Gasteiger partial charge in [0.05, 0.1) is 0 Å². The Morgan fingerprint density at radius 2 is 1.77 bits per heavy atom. The van der Waals surface area contributed by atoms with Gasteiger partial charge in [0.2, 0.25) is 11.8 Å². The number of halogens is 1. The molecule has 2 fully saturated rings. The van der Waals surface area contributed by atoms with E-state index < -0.39 is 5.92 Å². The molecule has 2 heterocycles. The maximum Gasteiger partial charge on any atom is 0.239 e. The summed E-state index contributed by atoms with van der Waals surface area (Å²) in [5, 5.41) is 3.60. The number of nitrogens with zero attached hydrogens (tertiary/aromatic N) is 2. The molecule has 1 aromatic carbocycles. The summed E-state index contributed by atoms with van der Waals surface area (Å²) in [5.74, 6) is -0.816. The molecule has 2 aliphatic rings. The van der Waals surface area contributed by atoms with Crippen LogP contribution in [0.4, 0.5) is 5.69 Å². The maximum absolute atomic E-state index is 12.6. The van der Waals surface area contributed by atoms with E-state index in [0.29, 0.717) is 24.5 Å². The van der Waals surface area contributed by atoms with Crippen LogP contribution in [-0.4, -0.2) is 49.4 Å². The second kappa shape index (κ2) is 9.38. The first kappa shape index (κ1) is 19.2. The highest BCUT2D eigenvalue weighted by Gasteiger charge is 2.37. The Kier molecular flexibility index (Phi) is 6.92. The van der Waals surface area contributed by atoms with Crippen molar-refractivity contribution in [3.05, 3.63) is 29.3 Å². The van der Waals surface area contributed by atoms with Gasteiger partial charge in [-0.3, -0.25) is 9.59 Å². The molecule has 1 aromatic rings. The number of carbonyl (C=O) groups excluding carboxylic acids is 2. The minimum Gasteiger partial charge on any atom is -0.355 e. The van der Waals surface area contributed by atoms with Crippen LogP contribution >= 0.6 is 11.6 Å². The fourth-order valence-electron chi connectivity index (χ4n) is 3.80. The minimum atomic E-state index is -0.566. The van der Waals surface area contributed by atoms with Gasteiger partial charge in [0.25, 0.3) is 0 Å². The van der Waals surface area contributed by atoms with Crippen molar-refractivity contribution in [1.82, 2.24) is 10.2 Å². The predicted molar refractivity (Wildman–Crippen MR) is 104 cm³/mol. The van der Waals surface area contributed by atoms with E-state index in [-0.39, 0.29) is 11.8 Å². The lowest BCUT2D eigenvalue weighted by atomic mass is 10.1. The van der Waals surface area contributed by atoms with Crippen LogP contribution in [0.15, 0.2) is 24.3 Å². The van der Waals surface area contributed by atoms with E-state index in [4.69, 9.17) is 11.6 Å². The molecular weight excluding hydrogens is 350 g/mol. The van der Waals surface area contributed by atoms with Crippen molar-refractivity contribution in [2.75, 3.05) is 37.6 Å². The Balaban J connectivity index is 1.42. The molecule has 0 aromatic heterocycles. The predicted octanol–water partition coefficient (Wildman–Crippen LogP) is 3.08. The van der Waals surface area contributed by atoms with Crippen LogP contribution in [0.3, 0.4) is 0 Å². The van der Waals surface area contributed by atoms with E-state index in [9.17, 15) is 9.59 Å². The second-order valence-corrected chi connectivity index (χ2v) is 7.64. The first-order valence-electron chi connectivity index (χ1n) is 9.72. The van der Waals surface area contributed by atoms with Crippen LogP contribution in [0.5, 0.6) is 0 Å². The largest absolute Gasteiger partial charge is 0.355 e. The standard InChI is InChI=1S/C20H28ClN3O2/c21-16-6-8-17(9-7-16)24-15-10-18(20(24)26)19(25)22-11-5-14-23-12-3-1-2-4-13-23/h6-9,18H,1-5,10-15H2,(H,22,25)/t18-/m0/s1. The van der Waals surface area contributed by atoms with Crippen LogP contribution < -0.4 is 10.2 Å². The van der Waals surface area contributed by atoms with Crippen LogP contribution in [0.1, 0.15) is 38.5 Å². The van der Waals surface area contributed by atoms with Gasteiger partial charge in [0.1, 0.15) is 5.92 Å².